The molecule has 0 radical (unpaired) electrons. The second kappa shape index (κ2) is 6.85. The maximum Gasteiger partial charge on any atom is 0.322 e. The largest absolute Gasteiger partial charge is 0.480 e. The first-order valence-electron chi connectivity index (χ1n) is 5.74. The summed E-state index contributed by atoms with van der Waals surface area (Å²) in [5.41, 5.74) is 8.34. The third-order valence-electron chi connectivity index (χ3n) is 2.89. The van der Waals surface area contributed by atoms with Crippen molar-refractivity contribution < 1.29 is 19.4 Å². The molecule has 0 bridgehead atoms. The van der Waals surface area contributed by atoms with Gasteiger partial charge in [-0.15, -0.1) is 12.6 Å². The molecule has 1 fully saturated rings. The molecular formula is C10H18N4O4S. The molecule has 19 heavy (non-hydrogen) atoms. The maximum atomic E-state index is 12.1. The van der Waals surface area contributed by atoms with Gasteiger partial charge in [0.2, 0.25) is 0 Å². The Balaban J connectivity index is 2.71. The lowest BCUT2D eigenvalue weighted by Gasteiger charge is -2.34. The van der Waals surface area contributed by atoms with Crippen LogP contribution in [0.25, 0.3) is 0 Å². The van der Waals surface area contributed by atoms with E-state index in [2.05, 4.69) is 18.1 Å². The molecule has 0 aromatic carbocycles. The van der Waals surface area contributed by atoms with Gasteiger partial charge >= 0.3 is 5.97 Å². The zero-order valence-corrected chi connectivity index (χ0v) is 11.4. The zero-order valence-electron chi connectivity index (χ0n) is 10.5. The summed E-state index contributed by atoms with van der Waals surface area (Å²) in [5, 5.41) is 17.3. The highest BCUT2D eigenvalue weighted by molar-refractivity contribution is 7.97. The number of amides is 1. The summed E-state index contributed by atoms with van der Waals surface area (Å²) in [4.78, 5) is 23.0. The van der Waals surface area contributed by atoms with Gasteiger partial charge in [0.25, 0.3) is 5.91 Å². The number of nitrogens with zero attached hydrogens (tertiary/aromatic N) is 1. The fourth-order valence-corrected chi connectivity index (χ4v) is 2.13. The minimum atomic E-state index is -1.10. The van der Waals surface area contributed by atoms with Crippen LogP contribution in [0.1, 0.15) is 12.8 Å². The van der Waals surface area contributed by atoms with Crippen molar-refractivity contribution in [2.45, 2.75) is 31.0 Å². The number of nitrogens with two attached hydrogens (primary N) is 1. The van der Waals surface area contributed by atoms with E-state index in [9.17, 15) is 9.59 Å². The number of hydrazine groups is 1. The molecule has 0 aliphatic carbocycles. The van der Waals surface area contributed by atoms with Gasteiger partial charge in [-0.05, 0) is 12.8 Å². The van der Waals surface area contributed by atoms with Gasteiger partial charge in [-0.1, -0.05) is 0 Å². The Morgan fingerprint density at radius 3 is 2.74 bits per heavy atom. The Hall–Kier alpha value is -1.16. The highest BCUT2D eigenvalue weighted by Crippen LogP contribution is 2.11. The number of methoxy groups -OCH3 is 1. The second-order valence-electron chi connectivity index (χ2n) is 4.22. The van der Waals surface area contributed by atoms with Crippen molar-refractivity contribution in [1.29, 1.82) is 5.41 Å². The van der Waals surface area contributed by atoms with Crippen molar-refractivity contribution in [3.8, 4) is 0 Å². The van der Waals surface area contributed by atoms with Gasteiger partial charge in [0.15, 0.2) is 0 Å². The average Bonchev–Trinajstić information content (AvgIpc) is 2.38. The van der Waals surface area contributed by atoms with Crippen LogP contribution < -0.4 is 11.2 Å². The summed E-state index contributed by atoms with van der Waals surface area (Å²) in [6.07, 6.45) is 0.0749. The van der Waals surface area contributed by atoms with Gasteiger partial charge in [0.05, 0.1) is 5.04 Å². The standard InChI is InChI=1S/C10H18N4O4S/c1-18-7(8(12)19)6(11)9(15)14-4-2-3-5(13-14)10(16)17/h5-7,13H,2-4,11H2,1H3,(H2,12,19)(H,16,17)/t5-,6-,7-/m0/s1. The lowest BCUT2D eigenvalue weighted by atomic mass is 10.1. The molecule has 1 heterocycles. The van der Waals surface area contributed by atoms with Crippen LogP contribution >= 0.6 is 12.6 Å². The summed E-state index contributed by atoms with van der Waals surface area (Å²) < 4.78 is 4.94. The molecule has 1 aliphatic heterocycles. The predicted molar refractivity (Wildman–Crippen MR) is 71.0 cm³/mol. The van der Waals surface area contributed by atoms with Crippen LogP contribution in [0.2, 0.25) is 0 Å². The van der Waals surface area contributed by atoms with Crippen molar-refractivity contribution in [3.05, 3.63) is 0 Å². The third kappa shape index (κ3) is 3.90. The number of carboxylic acids is 1. The van der Waals surface area contributed by atoms with Crippen LogP contribution in [0.4, 0.5) is 0 Å². The maximum absolute atomic E-state index is 12.1. The van der Waals surface area contributed by atoms with Crippen LogP contribution in [0.3, 0.4) is 0 Å². The summed E-state index contributed by atoms with van der Waals surface area (Å²) in [5.74, 6) is -1.53. The summed E-state index contributed by atoms with van der Waals surface area (Å²) in [6.45, 7) is 0.368. The SMILES string of the molecule is CO[C@H](C(=N)S)[C@H](N)C(=O)N1CCC[C@@H](C(=O)O)N1. The molecule has 8 nitrogen and oxygen atoms in total. The molecule has 0 aromatic rings. The molecule has 0 spiro atoms. The molecule has 1 saturated heterocycles. The van der Waals surface area contributed by atoms with E-state index in [1.807, 2.05) is 0 Å². The Labute approximate surface area is 116 Å². The Bertz CT molecular complexity index is 379. The highest BCUT2D eigenvalue weighted by Gasteiger charge is 2.34. The molecular weight excluding hydrogens is 272 g/mol. The highest BCUT2D eigenvalue weighted by atomic mass is 32.1. The lowest BCUT2D eigenvalue weighted by molar-refractivity contribution is -0.148. The molecule has 3 atom stereocenters. The van der Waals surface area contributed by atoms with Crippen LogP contribution in [0.5, 0.6) is 0 Å². The Morgan fingerprint density at radius 2 is 2.26 bits per heavy atom. The number of rotatable bonds is 5. The minimum Gasteiger partial charge on any atom is -0.480 e. The summed E-state index contributed by atoms with van der Waals surface area (Å²) in [7, 11) is 1.33. The molecule has 1 aliphatic rings. The van der Waals surface area contributed by atoms with Gasteiger partial charge in [0.1, 0.15) is 18.2 Å². The third-order valence-corrected chi connectivity index (χ3v) is 3.14. The Kier molecular flexibility index (Phi) is 5.73. The first-order valence-corrected chi connectivity index (χ1v) is 6.19. The smallest absolute Gasteiger partial charge is 0.322 e. The predicted octanol–water partition coefficient (Wildman–Crippen LogP) is -1.18. The fourth-order valence-electron chi connectivity index (χ4n) is 1.86. The number of nitrogens with one attached hydrogen (secondary N) is 2. The van der Waals surface area contributed by atoms with E-state index in [1.54, 1.807) is 0 Å². The molecule has 0 unspecified atom stereocenters. The number of carboxylic acid groups (broad SMARTS) is 1. The van der Waals surface area contributed by atoms with Gasteiger partial charge in [-0.3, -0.25) is 20.0 Å². The van der Waals surface area contributed by atoms with E-state index in [1.165, 1.54) is 12.1 Å². The molecule has 5 N–H and O–H groups in total. The molecule has 108 valence electrons. The number of aliphatic carboxylic acids is 1. The van der Waals surface area contributed by atoms with Crippen LogP contribution in [0, 0.1) is 5.41 Å². The van der Waals surface area contributed by atoms with Gasteiger partial charge in [-0.2, -0.15) is 0 Å². The summed E-state index contributed by atoms with van der Waals surface area (Å²) in [6, 6.07) is -1.91. The van der Waals surface area contributed by atoms with Crippen LogP contribution in [-0.4, -0.2) is 58.9 Å². The molecule has 1 amide bonds. The van der Waals surface area contributed by atoms with Crippen molar-refractivity contribution in [2.75, 3.05) is 13.7 Å². The van der Waals surface area contributed by atoms with Gasteiger partial charge in [0, 0.05) is 13.7 Å². The zero-order chi connectivity index (χ0) is 14.6. The van der Waals surface area contributed by atoms with Crippen molar-refractivity contribution >= 4 is 29.5 Å². The number of ether oxygens (including phenoxy) is 1. The number of hydrogen-bond donors (Lipinski definition) is 5. The Morgan fingerprint density at radius 1 is 1.63 bits per heavy atom. The normalized spacial score (nSPS) is 22.7. The quantitative estimate of drug-likeness (QED) is 0.246. The van der Waals surface area contributed by atoms with Gasteiger partial charge in [-0.25, -0.2) is 5.43 Å². The molecule has 1 rings (SSSR count). The second-order valence-corrected chi connectivity index (χ2v) is 4.70. The first-order chi connectivity index (χ1) is 8.88. The van der Waals surface area contributed by atoms with Crippen molar-refractivity contribution in [3.63, 3.8) is 0 Å². The molecule has 9 heteroatoms. The summed E-state index contributed by atoms with van der Waals surface area (Å²) >= 11 is 3.81. The topological polar surface area (TPSA) is 129 Å². The van der Waals surface area contributed by atoms with Crippen LogP contribution in [0.15, 0.2) is 0 Å². The number of thiol groups is 1. The van der Waals surface area contributed by atoms with Crippen molar-refractivity contribution in [1.82, 2.24) is 10.4 Å². The fraction of sp³-hybridized carbons (Fsp3) is 0.700. The average molecular weight is 290 g/mol. The number of carbonyl (C=O) groups is 2. The molecule has 0 aromatic heterocycles. The van der Waals surface area contributed by atoms with E-state index in [4.69, 9.17) is 21.0 Å². The van der Waals surface area contributed by atoms with E-state index < -0.39 is 30.1 Å². The van der Waals surface area contributed by atoms with E-state index >= 15 is 0 Å². The van der Waals surface area contributed by atoms with E-state index in [0.717, 1.165) is 0 Å². The number of carbonyl (C=O) groups excluding carboxylic acids is 1. The van der Waals surface area contributed by atoms with Gasteiger partial charge < -0.3 is 15.6 Å². The van der Waals surface area contributed by atoms with Crippen molar-refractivity contribution in [2.24, 2.45) is 5.73 Å². The minimum absolute atomic E-state index is 0.157. The van der Waals surface area contributed by atoms with E-state index in [-0.39, 0.29) is 5.04 Å². The number of hydrogen-bond acceptors (Lipinski definition) is 6. The van der Waals surface area contributed by atoms with Crippen LogP contribution in [-0.2, 0) is 14.3 Å². The lowest BCUT2D eigenvalue weighted by Crippen LogP contribution is -2.61. The van der Waals surface area contributed by atoms with E-state index in [0.29, 0.717) is 19.4 Å². The molecule has 0 saturated carbocycles. The first kappa shape index (κ1) is 15.9. The monoisotopic (exact) mass is 290 g/mol.